The Morgan fingerprint density at radius 2 is 2.14 bits per heavy atom. The van der Waals surface area contributed by atoms with Crippen LogP contribution in [0.25, 0.3) is 0 Å². The second kappa shape index (κ2) is 3.02. The van der Waals surface area contributed by atoms with Gasteiger partial charge in [-0.3, -0.25) is 4.90 Å². The summed E-state index contributed by atoms with van der Waals surface area (Å²) in [6.07, 6.45) is 6.43. The standard InChI is InChI=1S/C11H15N3/c1-8-5-9-6-10(9)14(8)7-11-12-3-2-4-13-11/h2-4,8-10H,5-7H2,1H3. The van der Waals surface area contributed by atoms with Crippen molar-refractivity contribution in [2.24, 2.45) is 5.92 Å². The van der Waals surface area contributed by atoms with E-state index in [4.69, 9.17) is 0 Å². The maximum absolute atomic E-state index is 4.28. The maximum Gasteiger partial charge on any atom is 0.142 e. The number of nitrogens with zero attached hydrogens (tertiary/aromatic N) is 3. The third-order valence-electron chi connectivity index (χ3n) is 3.46. The Balaban J connectivity index is 1.72. The first-order valence-corrected chi connectivity index (χ1v) is 5.36. The highest BCUT2D eigenvalue weighted by Crippen LogP contribution is 2.47. The quantitative estimate of drug-likeness (QED) is 0.705. The molecule has 0 aromatic carbocycles. The number of hydrogen-bond donors (Lipinski definition) is 0. The first kappa shape index (κ1) is 8.36. The smallest absolute Gasteiger partial charge is 0.142 e. The lowest BCUT2D eigenvalue weighted by atomic mass is 10.2. The summed E-state index contributed by atoms with van der Waals surface area (Å²) in [6.45, 7) is 3.25. The van der Waals surface area contributed by atoms with Gasteiger partial charge in [0, 0.05) is 24.5 Å². The molecule has 0 radical (unpaired) electrons. The molecule has 1 saturated carbocycles. The zero-order valence-electron chi connectivity index (χ0n) is 8.43. The minimum atomic E-state index is 0.725. The minimum absolute atomic E-state index is 0.725. The summed E-state index contributed by atoms with van der Waals surface area (Å²) in [5.74, 6) is 1.95. The van der Waals surface area contributed by atoms with Gasteiger partial charge in [-0.05, 0) is 31.7 Å². The third kappa shape index (κ3) is 1.32. The molecule has 0 N–H and O–H groups in total. The predicted octanol–water partition coefficient (Wildman–Crippen LogP) is 1.46. The van der Waals surface area contributed by atoms with Crippen molar-refractivity contribution in [1.82, 2.24) is 14.9 Å². The Morgan fingerprint density at radius 3 is 2.79 bits per heavy atom. The molecule has 3 unspecified atom stereocenters. The molecule has 3 rings (SSSR count). The lowest BCUT2D eigenvalue weighted by molar-refractivity contribution is 0.217. The van der Waals surface area contributed by atoms with Crippen molar-refractivity contribution in [3.05, 3.63) is 24.3 Å². The van der Waals surface area contributed by atoms with Crippen LogP contribution in [-0.4, -0.2) is 27.0 Å². The molecule has 0 bridgehead atoms. The molecule has 1 aliphatic carbocycles. The third-order valence-corrected chi connectivity index (χ3v) is 3.46. The van der Waals surface area contributed by atoms with Gasteiger partial charge in [-0.1, -0.05) is 0 Å². The summed E-state index contributed by atoms with van der Waals surface area (Å²) in [5.41, 5.74) is 0. The van der Waals surface area contributed by atoms with Gasteiger partial charge >= 0.3 is 0 Å². The van der Waals surface area contributed by atoms with Crippen molar-refractivity contribution in [3.8, 4) is 0 Å². The molecule has 0 amide bonds. The summed E-state index contributed by atoms with van der Waals surface area (Å²) in [6, 6.07) is 3.44. The van der Waals surface area contributed by atoms with Crippen LogP contribution in [0.15, 0.2) is 18.5 Å². The minimum Gasteiger partial charge on any atom is -0.290 e. The van der Waals surface area contributed by atoms with E-state index in [-0.39, 0.29) is 0 Å². The molecule has 2 heterocycles. The molecule has 3 heteroatoms. The van der Waals surface area contributed by atoms with Crippen molar-refractivity contribution in [3.63, 3.8) is 0 Å². The summed E-state index contributed by atoms with van der Waals surface area (Å²) in [7, 11) is 0. The van der Waals surface area contributed by atoms with Gasteiger partial charge in [0.1, 0.15) is 5.82 Å². The van der Waals surface area contributed by atoms with Gasteiger partial charge in [0.15, 0.2) is 0 Å². The van der Waals surface area contributed by atoms with Crippen LogP contribution in [-0.2, 0) is 6.54 Å². The Labute approximate surface area is 84.2 Å². The molecule has 1 aromatic rings. The molecule has 14 heavy (non-hydrogen) atoms. The highest BCUT2D eigenvalue weighted by Gasteiger charge is 2.50. The topological polar surface area (TPSA) is 29.0 Å². The van der Waals surface area contributed by atoms with Gasteiger partial charge in [0.05, 0.1) is 6.54 Å². The van der Waals surface area contributed by atoms with Gasteiger partial charge < -0.3 is 0 Å². The van der Waals surface area contributed by atoms with Crippen LogP contribution >= 0.6 is 0 Å². The van der Waals surface area contributed by atoms with Crippen molar-refractivity contribution in [1.29, 1.82) is 0 Å². The summed E-state index contributed by atoms with van der Waals surface area (Å²) in [4.78, 5) is 11.1. The van der Waals surface area contributed by atoms with E-state index in [1.807, 2.05) is 18.5 Å². The average molecular weight is 189 g/mol. The van der Waals surface area contributed by atoms with Crippen LogP contribution in [0.4, 0.5) is 0 Å². The number of likely N-dealkylation sites (tertiary alicyclic amines) is 1. The van der Waals surface area contributed by atoms with E-state index in [9.17, 15) is 0 Å². The van der Waals surface area contributed by atoms with E-state index in [0.717, 1.165) is 30.4 Å². The predicted molar refractivity (Wildman–Crippen MR) is 53.5 cm³/mol. The van der Waals surface area contributed by atoms with E-state index in [1.54, 1.807) is 0 Å². The Morgan fingerprint density at radius 1 is 1.36 bits per heavy atom. The Bertz CT molecular complexity index is 323. The largest absolute Gasteiger partial charge is 0.290 e. The first-order valence-electron chi connectivity index (χ1n) is 5.36. The van der Waals surface area contributed by atoms with Gasteiger partial charge in [-0.15, -0.1) is 0 Å². The molecule has 0 spiro atoms. The zero-order chi connectivity index (χ0) is 9.54. The second-order valence-electron chi connectivity index (χ2n) is 4.49. The molecule has 3 atom stereocenters. The number of fused-ring (bicyclic) bond motifs is 1. The Hall–Kier alpha value is -0.960. The van der Waals surface area contributed by atoms with Crippen molar-refractivity contribution in [2.75, 3.05) is 0 Å². The van der Waals surface area contributed by atoms with Crippen LogP contribution in [0.2, 0.25) is 0 Å². The van der Waals surface area contributed by atoms with Gasteiger partial charge in [0.2, 0.25) is 0 Å². The first-order chi connectivity index (χ1) is 6.84. The SMILES string of the molecule is CC1CC2CC2N1Cc1ncccn1. The highest BCUT2D eigenvalue weighted by atomic mass is 15.3. The molecule has 3 nitrogen and oxygen atoms in total. The van der Waals surface area contributed by atoms with Crippen LogP contribution in [0, 0.1) is 5.92 Å². The number of hydrogen-bond acceptors (Lipinski definition) is 3. The molecule has 1 aromatic heterocycles. The van der Waals surface area contributed by atoms with E-state index < -0.39 is 0 Å². The monoisotopic (exact) mass is 189 g/mol. The van der Waals surface area contributed by atoms with E-state index in [0.29, 0.717) is 0 Å². The average Bonchev–Trinajstić information content (AvgIpc) is 2.89. The van der Waals surface area contributed by atoms with Gasteiger partial charge in [-0.25, -0.2) is 9.97 Å². The van der Waals surface area contributed by atoms with Crippen LogP contribution in [0.5, 0.6) is 0 Å². The molecular formula is C11H15N3. The van der Waals surface area contributed by atoms with E-state index >= 15 is 0 Å². The van der Waals surface area contributed by atoms with Gasteiger partial charge in [0.25, 0.3) is 0 Å². The number of piperidine rings is 1. The van der Waals surface area contributed by atoms with Crippen LogP contribution in [0.3, 0.4) is 0 Å². The number of rotatable bonds is 2. The highest BCUT2D eigenvalue weighted by molar-refractivity contribution is 5.05. The fourth-order valence-electron chi connectivity index (χ4n) is 2.64. The summed E-state index contributed by atoms with van der Waals surface area (Å²) < 4.78 is 0. The fraction of sp³-hybridized carbons (Fsp3) is 0.636. The molecule has 2 fully saturated rings. The van der Waals surface area contributed by atoms with Crippen LogP contribution < -0.4 is 0 Å². The number of aromatic nitrogens is 2. The zero-order valence-corrected chi connectivity index (χ0v) is 8.43. The fourth-order valence-corrected chi connectivity index (χ4v) is 2.64. The maximum atomic E-state index is 4.28. The van der Waals surface area contributed by atoms with E-state index in [2.05, 4.69) is 21.8 Å². The Kier molecular flexibility index (Phi) is 1.80. The summed E-state index contributed by atoms with van der Waals surface area (Å²) >= 11 is 0. The molecule has 74 valence electrons. The van der Waals surface area contributed by atoms with Crippen LogP contribution in [0.1, 0.15) is 25.6 Å². The van der Waals surface area contributed by atoms with E-state index in [1.165, 1.54) is 12.8 Å². The van der Waals surface area contributed by atoms with Gasteiger partial charge in [-0.2, -0.15) is 0 Å². The van der Waals surface area contributed by atoms with Crippen molar-refractivity contribution < 1.29 is 0 Å². The molecular weight excluding hydrogens is 174 g/mol. The summed E-state index contributed by atoms with van der Waals surface area (Å²) in [5, 5.41) is 0. The normalized spacial score (nSPS) is 35.6. The second-order valence-corrected chi connectivity index (χ2v) is 4.49. The molecule has 2 aliphatic rings. The molecule has 1 saturated heterocycles. The lowest BCUT2D eigenvalue weighted by Gasteiger charge is -2.22. The molecule has 1 aliphatic heterocycles. The lowest BCUT2D eigenvalue weighted by Crippen LogP contribution is -2.30. The van der Waals surface area contributed by atoms with Crippen molar-refractivity contribution in [2.45, 2.75) is 38.4 Å². The van der Waals surface area contributed by atoms with Crippen molar-refractivity contribution >= 4 is 0 Å².